The summed E-state index contributed by atoms with van der Waals surface area (Å²) in [6, 6.07) is 1.38. The second-order valence-corrected chi connectivity index (χ2v) is 8.60. The highest BCUT2D eigenvalue weighted by Crippen LogP contribution is 2.26. The number of sulfonamides is 1. The van der Waals surface area contributed by atoms with E-state index >= 15 is 0 Å². The van der Waals surface area contributed by atoms with Crippen LogP contribution >= 0.6 is 0 Å². The molecule has 0 saturated carbocycles. The van der Waals surface area contributed by atoms with Crippen LogP contribution in [0.1, 0.15) is 42.5 Å². The highest BCUT2D eigenvalue weighted by Gasteiger charge is 2.32. The van der Waals surface area contributed by atoms with E-state index in [-0.39, 0.29) is 28.4 Å². The van der Waals surface area contributed by atoms with Crippen molar-refractivity contribution < 1.29 is 17.6 Å². The number of aryl methyl sites for hydroxylation is 1. The van der Waals surface area contributed by atoms with E-state index in [1.165, 1.54) is 10.4 Å². The Labute approximate surface area is 142 Å². The largest absolute Gasteiger partial charge is 0.455 e. The highest BCUT2D eigenvalue weighted by atomic mass is 32.2. The summed E-state index contributed by atoms with van der Waals surface area (Å²) < 4.78 is 32.2. The van der Waals surface area contributed by atoms with Crippen LogP contribution in [-0.2, 0) is 10.0 Å². The molecule has 0 bridgehead atoms. The fraction of sp³-hybridized carbons (Fsp3) is 0.688. The lowest BCUT2D eigenvalue weighted by Crippen LogP contribution is -2.50. The van der Waals surface area contributed by atoms with E-state index in [4.69, 9.17) is 4.42 Å². The Morgan fingerprint density at radius 1 is 1.38 bits per heavy atom. The summed E-state index contributed by atoms with van der Waals surface area (Å²) >= 11 is 0. The molecule has 2 fully saturated rings. The van der Waals surface area contributed by atoms with Crippen molar-refractivity contribution in [2.75, 3.05) is 26.2 Å². The van der Waals surface area contributed by atoms with Crippen LogP contribution in [0.15, 0.2) is 15.4 Å². The van der Waals surface area contributed by atoms with E-state index in [0.717, 1.165) is 25.8 Å². The van der Waals surface area contributed by atoms with Crippen molar-refractivity contribution in [3.8, 4) is 0 Å². The predicted octanol–water partition coefficient (Wildman–Crippen LogP) is 1.10. The molecule has 134 valence electrons. The minimum absolute atomic E-state index is 0.0234. The number of hydrogen-bond acceptors (Lipinski definition) is 5. The zero-order valence-corrected chi connectivity index (χ0v) is 15.0. The number of nitrogens with zero attached hydrogens (tertiary/aromatic N) is 1. The molecule has 1 amide bonds. The molecule has 2 saturated heterocycles. The van der Waals surface area contributed by atoms with Gasteiger partial charge in [-0.15, -0.1) is 0 Å². The van der Waals surface area contributed by atoms with Crippen LogP contribution in [0.5, 0.6) is 0 Å². The molecule has 3 heterocycles. The number of hydrogen-bond donors (Lipinski definition) is 2. The topological polar surface area (TPSA) is 91.6 Å². The Hall–Kier alpha value is -1.38. The van der Waals surface area contributed by atoms with Crippen LogP contribution in [-0.4, -0.2) is 50.9 Å². The smallest absolute Gasteiger partial charge is 0.287 e. The van der Waals surface area contributed by atoms with Crippen LogP contribution in [0, 0.1) is 12.8 Å². The maximum atomic E-state index is 12.7. The fourth-order valence-corrected chi connectivity index (χ4v) is 5.00. The molecule has 8 heteroatoms. The number of amides is 1. The van der Waals surface area contributed by atoms with E-state index in [2.05, 4.69) is 17.6 Å². The first-order valence-corrected chi connectivity index (χ1v) is 9.96. The average Bonchev–Trinajstić information content (AvgIpc) is 3.19. The lowest BCUT2D eigenvalue weighted by molar-refractivity contribution is 0.0885. The predicted molar refractivity (Wildman–Crippen MR) is 89.3 cm³/mol. The van der Waals surface area contributed by atoms with Gasteiger partial charge in [-0.2, -0.15) is 4.31 Å². The lowest BCUT2D eigenvalue weighted by atomic mass is 9.95. The van der Waals surface area contributed by atoms with E-state index in [1.54, 1.807) is 6.92 Å². The summed E-state index contributed by atoms with van der Waals surface area (Å²) in [7, 11) is -3.58. The first-order valence-electron chi connectivity index (χ1n) is 8.52. The van der Waals surface area contributed by atoms with Crippen molar-refractivity contribution in [1.29, 1.82) is 0 Å². The molecular weight excluding hydrogens is 330 g/mol. The van der Waals surface area contributed by atoms with Gasteiger partial charge in [0, 0.05) is 31.7 Å². The van der Waals surface area contributed by atoms with Crippen molar-refractivity contribution in [3.05, 3.63) is 17.6 Å². The molecule has 2 atom stereocenters. The van der Waals surface area contributed by atoms with Crippen molar-refractivity contribution >= 4 is 15.9 Å². The number of furan rings is 1. The third-order valence-electron chi connectivity index (χ3n) is 4.92. The maximum absolute atomic E-state index is 12.7. The molecule has 24 heavy (non-hydrogen) atoms. The highest BCUT2D eigenvalue weighted by molar-refractivity contribution is 7.89. The Kier molecular flexibility index (Phi) is 4.98. The molecule has 7 nitrogen and oxygen atoms in total. The summed E-state index contributed by atoms with van der Waals surface area (Å²) in [5.41, 5.74) is 0. The molecule has 0 radical (unpaired) electrons. The molecule has 1 aromatic rings. The normalized spacial score (nSPS) is 25.8. The molecule has 0 spiro atoms. The second-order valence-electron chi connectivity index (χ2n) is 6.69. The van der Waals surface area contributed by atoms with Gasteiger partial charge < -0.3 is 15.1 Å². The number of rotatable bonds is 4. The SMILES string of the molecule is Cc1oc(C(=O)NC2CNCCC2C)cc1S(=O)(=O)N1CCCC1. The molecule has 2 unspecified atom stereocenters. The summed E-state index contributed by atoms with van der Waals surface area (Å²) in [5, 5.41) is 6.19. The van der Waals surface area contributed by atoms with Crippen LogP contribution in [0.4, 0.5) is 0 Å². The number of nitrogens with one attached hydrogen (secondary N) is 2. The van der Waals surface area contributed by atoms with Gasteiger partial charge in [0.1, 0.15) is 10.7 Å². The number of carbonyl (C=O) groups is 1. The van der Waals surface area contributed by atoms with Crippen molar-refractivity contribution in [3.63, 3.8) is 0 Å². The van der Waals surface area contributed by atoms with Crippen LogP contribution in [0.3, 0.4) is 0 Å². The summed E-state index contributed by atoms with van der Waals surface area (Å²) in [6.07, 6.45) is 2.74. The van der Waals surface area contributed by atoms with Gasteiger partial charge in [-0.3, -0.25) is 4.79 Å². The molecule has 2 aliphatic rings. The zero-order chi connectivity index (χ0) is 17.3. The third kappa shape index (κ3) is 3.36. The molecule has 1 aromatic heterocycles. The van der Waals surface area contributed by atoms with Gasteiger partial charge >= 0.3 is 0 Å². The Balaban J connectivity index is 1.77. The van der Waals surface area contributed by atoms with Gasteiger partial charge in [0.15, 0.2) is 5.76 Å². The second kappa shape index (κ2) is 6.85. The number of carbonyl (C=O) groups excluding carboxylic acids is 1. The standard InChI is InChI=1S/C16H25N3O4S/c1-11-5-6-17-10-13(11)18-16(20)14-9-15(12(2)23-14)24(21,22)19-7-3-4-8-19/h9,11,13,17H,3-8,10H2,1-2H3,(H,18,20). The lowest BCUT2D eigenvalue weighted by Gasteiger charge is -2.29. The quantitative estimate of drug-likeness (QED) is 0.844. The molecule has 2 N–H and O–H groups in total. The first-order chi connectivity index (χ1) is 11.4. The average molecular weight is 355 g/mol. The van der Waals surface area contributed by atoms with E-state index in [9.17, 15) is 13.2 Å². The molecule has 2 aliphatic heterocycles. The van der Waals surface area contributed by atoms with Gasteiger partial charge in [-0.25, -0.2) is 8.42 Å². The van der Waals surface area contributed by atoms with E-state index in [0.29, 0.717) is 25.6 Å². The maximum Gasteiger partial charge on any atom is 0.287 e. The third-order valence-corrected chi connectivity index (χ3v) is 6.93. The molecular formula is C16H25N3O4S. The summed E-state index contributed by atoms with van der Waals surface area (Å²) in [5.74, 6) is 0.338. The minimum Gasteiger partial charge on any atom is -0.455 e. The first kappa shape index (κ1) is 17.4. The van der Waals surface area contributed by atoms with E-state index in [1.807, 2.05) is 0 Å². The Bertz CT molecular complexity index is 707. The van der Waals surface area contributed by atoms with Gasteiger partial charge in [-0.1, -0.05) is 6.92 Å². The van der Waals surface area contributed by atoms with Crippen LogP contribution < -0.4 is 10.6 Å². The summed E-state index contributed by atoms with van der Waals surface area (Å²) in [4.78, 5) is 12.5. The van der Waals surface area contributed by atoms with Gasteiger partial charge in [0.25, 0.3) is 5.91 Å². The molecule has 0 aliphatic carbocycles. The Morgan fingerprint density at radius 2 is 2.08 bits per heavy atom. The summed E-state index contributed by atoms with van der Waals surface area (Å²) in [6.45, 7) is 6.41. The van der Waals surface area contributed by atoms with Crippen LogP contribution in [0.25, 0.3) is 0 Å². The zero-order valence-electron chi connectivity index (χ0n) is 14.2. The van der Waals surface area contributed by atoms with Gasteiger partial charge in [0.2, 0.25) is 10.0 Å². The number of piperidine rings is 1. The van der Waals surface area contributed by atoms with E-state index < -0.39 is 10.0 Å². The monoisotopic (exact) mass is 355 g/mol. The molecule has 3 rings (SSSR count). The molecule has 0 aromatic carbocycles. The van der Waals surface area contributed by atoms with Crippen molar-refractivity contribution in [1.82, 2.24) is 14.9 Å². The van der Waals surface area contributed by atoms with Crippen molar-refractivity contribution in [2.24, 2.45) is 5.92 Å². The minimum atomic E-state index is -3.58. The fourth-order valence-electron chi connectivity index (χ4n) is 3.32. The van der Waals surface area contributed by atoms with Crippen LogP contribution in [0.2, 0.25) is 0 Å². The van der Waals surface area contributed by atoms with Gasteiger partial charge in [0.05, 0.1) is 0 Å². The van der Waals surface area contributed by atoms with Gasteiger partial charge in [-0.05, 0) is 38.6 Å². The Morgan fingerprint density at radius 3 is 2.75 bits per heavy atom. The van der Waals surface area contributed by atoms with Crippen molar-refractivity contribution in [2.45, 2.75) is 44.0 Å².